The van der Waals surface area contributed by atoms with Gasteiger partial charge in [-0.05, 0) is 41.7 Å². The van der Waals surface area contributed by atoms with Crippen molar-refractivity contribution in [1.29, 1.82) is 0 Å². The zero-order valence-electron chi connectivity index (χ0n) is 11.9. The van der Waals surface area contributed by atoms with Crippen LogP contribution in [0.15, 0.2) is 41.3 Å². The molecule has 4 heteroatoms. The number of halogens is 2. The second-order valence-corrected chi connectivity index (χ2v) is 6.26. The van der Waals surface area contributed by atoms with Crippen LogP contribution in [0.1, 0.15) is 18.6 Å². The maximum atomic E-state index is 13.9. The minimum atomic E-state index is -0.189. The number of hydrogen-bond acceptors (Lipinski definition) is 1. The molecule has 0 radical (unpaired) electrons. The Kier molecular flexibility index (Phi) is 6.47. The van der Waals surface area contributed by atoms with Gasteiger partial charge in [0.2, 0.25) is 0 Å². The molecule has 0 fully saturated rings. The highest BCUT2D eigenvalue weighted by Gasteiger charge is 2.10. The summed E-state index contributed by atoms with van der Waals surface area (Å²) in [6, 6.07) is 10.5. The van der Waals surface area contributed by atoms with Crippen LogP contribution in [0.4, 0.5) is 8.78 Å². The maximum absolute atomic E-state index is 13.9. The molecule has 0 amide bonds. The van der Waals surface area contributed by atoms with Crippen molar-refractivity contribution in [3.05, 3.63) is 59.2 Å². The third kappa shape index (κ3) is 4.60. The second kappa shape index (κ2) is 7.65. The van der Waals surface area contributed by atoms with E-state index in [-0.39, 0.29) is 25.8 Å². The molecule has 0 aliphatic rings. The smallest absolute Gasteiger partial charge is 0.173 e. The van der Waals surface area contributed by atoms with Crippen LogP contribution >= 0.6 is 11.8 Å². The number of rotatable bonds is 4. The van der Waals surface area contributed by atoms with Gasteiger partial charge in [-0.25, -0.2) is 8.78 Å². The van der Waals surface area contributed by atoms with E-state index in [1.165, 1.54) is 6.07 Å². The molecule has 2 aromatic carbocycles. The summed E-state index contributed by atoms with van der Waals surface area (Å²) in [4.78, 5) is 0.897. The molecule has 0 heterocycles. The van der Waals surface area contributed by atoms with Gasteiger partial charge in [-0.3, -0.25) is 0 Å². The molecule has 0 nitrogen and oxygen atoms in total. The van der Waals surface area contributed by atoms with Crippen LogP contribution in [0.3, 0.4) is 0 Å². The molecule has 0 aromatic heterocycles. The van der Waals surface area contributed by atoms with Crippen molar-refractivity contribution in [1.82, 2.24) is 0 Å². The van der Waals surface area contributed by atoms with Crippen molar-refractivity contribution in [2.45, 2.75) is 38.6 Å². The minimum absolute atomic E-state index is 0. The van der Waals surface area contributed by atoms with E-state index in [2.05, 4.69) is 0 Å². The van der Waals surface area contributed by atoms with Gasteiger partial charge in [0.25, 0.3) is 0 Å². The Morgan fingerprint density at radius 3 is 2.29 bits per heavy atom. The van der Waals surface area contributed by atoms with Crippen molar-refractivity contribution in [3.63, 3.8) is 0 Å². The molecule has 0 N–H and O–H groups in total. The highest BCUT2D eigenvalue weighted by Crippen LogP contribution is 2.24. The molecule has 0 unspecified atom stereocenters. The summed E-state index contributed by atoms with van der Waals surface area (Å²) in [6.45, 7) is 5.90. The number of thioether (sulfide) groups is 1. The van der Waals surface area contributed by atoms with Gasteiger partial charge in [0.15, 0.2) is 6.71 Å². The van der Waals surface area contributed by atoms with Crippen LogP contribution in [-0.2, 0) is 5.75 Å². The van der Waals surface area contributed by atoms with Gasteiger partial charge >= 0.3 is 0 Å². The highest BCUT2D eigenvalue weighted by molar-refractivity contribution is 7.98. The normalized spacial score (nSPS) is 10.1. The van der Waals surface area contributed by atoms with Crippen LogP contribution < -0.4 is 5.46 Å². The zero-order valence-corrected chi connectivity index (χ0v) is 12.7. The lowest BCUT2D eigenvalue weighted by molar-refractivity contribution is 0.618. The topological polar surface area (TPSA) is 0 Å². The number of aryl methyl sites for hydroxylation is 1. The van der Waals surface area contributed by atoms with E-state index in [1.54, 1.807) is 30.8 Å². The molecule has 0 bridgehead atoms. The van der Waals surface area contributed by atoms with E-state index in [0.29, 0.717) is 11.3 Å². The van der Waals surface area contributed by atoms with Crippen molar-refractivity contribution < 1.29 is 8.78 Å². The average Bonchev–Trinajstić information content (AvgIpc) is 2.40. The van der Waals surface area contributed by atoms with Gasteiger partial charge in [-0.2, -0.15) is 0 Å². The first kappa shape index (κ1) is 17.8. The van der Waals surface area contributed by atoms with Crippen molar-refractivity contribution in [3.8, 4) is 0 Å². The predicted molar refractivity (Wildman–Crippen MR) is 90.9 cm³/mol. The summed E-state index contributed by atoms with van der Waals surface area (Å²) in [5, 5.41) is 0. The molecular weight excluding hydrogens is 285 g/mol. The van der Waals surface area contributed by atoms with Gasteiger partial charge < -0.3 is 0 Å². The van der Waals surface area contributed by atoms with Crippen LogP contribution in [-0.4, -0.2) is 6.71 Å². The lowest BCUT2D eigenvalue weighted by Crippen LogP contribution is -2.25. The predicted octanol–water partition coefficient (Wildman–Crippen LogP) is 5.16. The highest BCUT2D eigenvalue weighted by atomic mass is 32.2. The molecule has 112 valence electrons. The zero-order chi connectivity index (χ0) is 14.7. The van der Waals surface area contributed by atoms with E-state index in [1.807, 2.05) is 31.8 Å². The van der Waals surface area contributed by atoms with E-state index in [4.69, 9.17) is 0 Å². The summed E-state index contributed by atoms with van der Waals surface area (Å²) in [6.07, 6.45) is 0. The first-order chi connectivity index (χ1) is 9.47. The molecule has 0 aliphatic carbocycles. The lowest BCUT2D eigenvalue weighted by atomic mass is 9.49. The number of hydrogen-bond donors (Lipinski definition) is 0. The van der Waals surface area contributed by atoms with E-state index in [0.717, 1.165) is 15.9 Å². The Morgan fingerprint density at radius 2 is 1.71 bits per heavy atom. The second-order valence-electron chi connectivity index (χ2n) is 5.21. The first-order valence-electron chi connectivity index (χ1n) is 6.64. The molecule has 0 spiro atoms. The van der Waals surface area contributed by atoms with E-state index >= 15 is 0 Å². The quantitative estimate of drug-likeness (QED) is 0.555. The summed E-state index contributed by atoms with van der Waals surface area (Å²) in [5.41, 5.74) is 2.43. The van der Waals surface area contributed by atoms with E-state index < -0.39 is 0 Å². The molecular formula is C17H21BF2S. The minimum Gasteiger partial charge on any atom is -0.208 e. The van der Waals surface area contributed by atoms with Crippen LogP contribution in [0.2, 0.25) is 13.6 Å². The largest absolute Gasteiger partial charge is 0.208 e. The van der Waals surface area contributed by atoms with Gasteiger partial charge in [-0.15, -0.1) is 11.8 Å². The Bertz CT molecular complexity index is 612. The molecule has 0 saturated carbocycles. The summed E-state index contributed by atoms with van der Waals surface area (Å²) in [5.74, 6) is 0.369. The molecule has 2 rings (SSSR count). The van der Waals surface area contributed by atoms with Gasteiger partial charge in [0.1, 0.15) is 11.6 Å². The summed E-state index contributed by atoms with van der Waals surface area (Å²) >= 11 is 1.56. The Morgan fingerprint density at radius 1 is 1.00 bits per heavy atom. The van der Waals surface area contributed by atoms with Crippen molar-refractivity contribution in [2.75, 3.05) is 0 Å². The Hall–Kier alpha value is -1.29. The maximum Gasteiger partial charge on any atom is 0.173 e. The fourth-order valence-corrected chi connectivity index (χ4v) is 2.89. The van der Waals surface area contributed by atoms with Gasteiger partial charge in [0, 0.05) is 10.6 Å². The van der Waals surface area contributed by atoms with Crippen LogP contribution in [0.25, 0.3) is 0 Å². The SMILES string of the molecule is C.CB(C)c1ccc(SCc2ccc(F)c(C)c2)cc1F. The lowest BCUT2D eigenvalue weighted by Gasteiger charge is -2.08. The summed E-state index contributed by atoms with van der Waals surface area (Å²) < 4.78 is 27.1. The molecule has 21 heavy (non-hydrogen) atoms. The molecule has 0 saturated heterocycles. The van der Waals surface area contributed by atoms with Crippen molar-refractivity contribution >= 4 is 23.9 Å². The fraction of sp³-hybridized carbons (Fsp3) is 0.294. The van der Waals surface area contributed by atoms with Crippen LogP contribution in [0.5, 0.6) is 0 Å². The standard InChI is InChI=1S/C16H17BF2S.CH4/c1-11-8-12(4-7-15(11)18)10-20-13-5-6-14(17(2)3)16(19)9-13;/h4-9H,10H2,1-3H3;1H4. The Balaban J connectivity index is 0.00000220. The van der Waals surface area contributed by atoms with Crippen molar-refractivity contribution in [2.24, 2.45) is 0 Å². The molecule has 2 aromatic rings. The molecule has 0 aliphatic heterocycles. The fourth-order valence-electron chi connectivity index (χ4n) is 2.03. The monoisotopic (exact) mass is 306 g/mol. The van der Waals surface area contributed by atoms with Crippen LogP contribution in [0, 0.1) is 18.6 Å². The van der Waals surface area contributed by atoms with Gasteiger partial charge in [0.05, 0.1) is 0 Å². The van der Waals surface area contributed by atoms with E-state index in [9.17, 15) is 8.78 Å². The third-order valence-corrected chi connectivity index (χ3v) is 4.29. The molecule has 0 atom stereocenters. The summed E-state index contributed by atoms with van der Waals surface area (Å²) in [7, 11) is 0. The third-order valence-electron chi connectivity index (χ3n) is 3.22. The van der Waals surface area contributed by atoms with Gasteiger partial charge in [-0.1, -0.05) is 39.3 Å². The Labute approximate surface area is 131 Å². The average molecular weight is 306 g/mol. The first-order valence-corrected chi connectivity index (χ1v) is 7.63. The number of benzene rings is 2.